The van der Waals surface area contributed by atoms with E-state index < -0.39 is 0 Å². The zero-order valence-electron chi connectivity index (χ0n) is 16.7. The lowest BCUT2D eigenvalue weighted by atomic mass is 9.95. The van der Waals surface area contributed by atoms with Crippen molar-refractivity contribution in [2.24, 2.45) is 0 Å². The molecule has 3 aromatic carbocycles. The van der Waals surface area contributed by atoms with Gasteiger partial charge in [-0.2, -0.15) is 0 Å². The average Bonchev–Trinajstić information content (AvgIpc) is 2.72. The van der Waals surface area contributed by atoms with Crippen molar-refractivity contribution >= 4 is 5.69 Å². The third-order valence-electron chi connectivity index (χ3n) is 5.70. The van der Waals surface area contributed by atoms with Crippen LogP contribution in [0.1, 0.15) is 28.3 Å². The van der Waals surface area contributed by atoms with Gasteiger partial charge in [-0.3, -0.25) is 4.90 Å². The number of hydrogen-bond acceptors (Lipinski definition) is 3. The summed E-state index contributed by atoms with van der Waals surface area (Å²) in [6, 6.07) is 25.3. The van der Waals surface area contributed by atoms with Crippen LogP contribution < -0.4 is 4.90 Å². The minimum atomic E-state index is 0.0713. The van der Waals surface area contributed by atoms with E-state index in [1.807, 2.05) is 18.2 Å². The summed E-state index contributed by atoms with van der Waals surface area (Å²) in [4.78, 5) is 4.94. The lowest BCUT2D eigenvalue weighted by Gasteiger charge is -2.40. The Hall–Kier alpha value is -2.78. The molecule has 0 amide bonds. The van der Waals surface area contributed by atoms with Crippen molar-refractivity contribution in [3.63, 3.8) is 0 Å². The molecule has 0 spiro atoms. The molecule has 4 rings (SSSR count). The van der Waals surface area contributed by atoms with E-state index in [2.05, 4.69) is 72.2 Å². The van der Waals surface area contributed by atoms with E-state index >= 15 is 0 Å². The second-order valence-corrected chi connectivity index (χ2v) is 7.73. The number of anilines is 1. The van der Waals surface area contributed by atoms with Crippen LogP contribution in [0.3, 0.4) is 0 Å². The number of benzene rings is 3. The van der Waals surface area contributed by atoms with Gasteiger partial charge in [-0.15, -0.1) is 0 Å². The zero-order chi connectivity index (χ0) is 19.5. The Morgan fingerprint density at radius 2 is 1.29 bits per heavy atom. The summed E-state index contributed by atoms with van der Waals surface area (Å²) < 4.78 is 0. The molecule has 0 bridgehead atoms. The number of phenols is 1. The molecule has 3 aromatic rings. The first-order chi connectivity index (χ1) is 13.6. The summed E-state index contributed by atoms with van der Waals surface area (Å²) in [7, 11) is 0. The molecule has 0 aromatic heterocycles. The highest BCUT2D eigenvalue weighted by Crippen LogP contribution is 2.35. The molecule has 1 heterocycles. The van der Waals surface area contributed by atoms with Crippen molar-refractivity contribution < 1.29 is 5.11 Å². The van der Waals surface area contributed by atoms with Gasteiger partial charge < -0.3 is 10.0 Å². The molecular formula is C25H28N2O. The van der Waals surface area contributed by atoms with Crippen molar-refractivity contribution in [1.29, 1.82) is 0 Å². The highest BCUT2D eigenvalue weighted by atomic mass is 16.3. The first-order valence-corrected chi connectivity index (χ1v) is 10.0. The van der Waals surface area contributed by atoms with Crippen LogP contribution in [0, 0.1) is 13.8 Å². The fourth-order valence-electron chi connectivity index (χ4n) is 4.05. The molecule has 0 saturated carbocycles. The normalized spacial score (nSPS) is 16.1. The summed E-state index contributed by atoms with van der Waals surface area (Å²) >= 11 is 0. The van der Waals surface area contributed by atoms with Gasteiger partial charge in [-0.05, 0) is 37.6 Å². The highest BCUT2D eigenvalue weighted by Gasteiger charge is 2.28. The first-order valence-electron chi connectivity index (χ1n) is 10.0. The molecule has 1 aliphatic heterocycles. The Morgan fingerprint density at radius 1 is 0.714 bits per heavy atom. The number of aromatic hydroxyl groups is 1. The van der Waals surface area contributed by atoms with E-state index in [9.17, 15) is 5.11 Å². The SMILES string of the molecule is Cc1ccc(C(c2ccccc2O)N2CCN(c3ccc(C)cc3)CC2)cc1. The number of rotatable bonds is 4. The molecule has 0 aliphatic carbocycles. The van der Waals surface area contributed by atoms with Crippen LogP contribution in [0.5, 0.6) is 5.75 Å². The number of aryl methyl sites for hydroxylation is 2. The van der Waals surface area contributed by atoms with Gasteiger partial charge in [0.25, 0.3) is 0 Å². The number of hydrogen-bond donors (Lipinski definition) is 1. The van der Waals surface area contributed by atoms with Crippen molar-refractivity contribution in [1.82, 2.24) is 4.90 Å². The van der Waals surface area contributed by atoms with Crippen molar-refractivity contribution in [2.45, 2.75) is 19.9 Å². The van der Waals surface area contributed by atoms with Crippen molar-refractivity contribution in [2.75, 3.05) is 31.1 Å². The summed E-state index contributed by atoms with van der Waals surface area (Å²) in [6.45, 7) is 8.12. The van der Waals surface area contributed by atoms with E-state index in [0.29, 0.717) is 5.75 Å². The van der Waals surface area contributed by atoms with Gasteiger partial charge in [0.05, 0.1) is 6.04 Å². The summed E-state index contributed by atoms with van der Waals surface area (Å²) in [5, 5.41) is 10.5. The molecule has 3 nitrogen and oxygen atoms in total. The number of nitrogens with zero attached hydrogens (tertiary/aromatic N) is 2. The molecule has 1 atom stereocenters. The van der Waals surface area contributed by atoms with Crippen LogP contribution in [-0.4, -0.2) is 36.2 Å². The Labute approximate surface area is 167 Å². The smallest absolute Gasteiger partial charge is 0.120 e. The third kappa shape index (κ3) is 3.90. The van der Waals surface area contributed by atoms with Crippen LogP contribution in [0.4, 0.5) is 5.69 Å². The minimum absolute atomic E-state index is 0.0713. The highest BCUT2D eigenvalue weighted by molar-refractivity contribution is 5.48. The maximum atomic E-state index is 10.5. The fraction of sp³-hybridized carbons (Fsp3) is 0.280. The average molecular weight is 373 g/mol. The molecule has 144 valence electrons. The summed E-state index contributed by atoms with van der Waals surface area (Å²) in [5.74, 6) is 0.369. The minimum Gasteiger partial charge on any atom is -0.508 e. The number of para-hydroxylation sites is 1. The van der Waals surface area contributed by atoms with E-state index in [1.54, 1.807) is 6.07 Å². The monoisotopic (exact) mass is 372 g/mol. The zero-order valence-corrected chi connectivity index (χ0v) is 16.7. The number of piperazine rings is 1. The molecule has 1 aliphatic rings. The molecule has 1 saturated heterocycles. The molecule has 1 fully saturated rings. The lowest BCUT2D eigenvalue weighted by Crippen LogP contribution is -2.48. The molecule has 28 heavy (non-hydrogen) atoms. The van der Waals surface area contributed by atoms with Gasteiger partial charge in [0.1, 0.15) is 5.75 Å². The molecular weight excluding hydrogens is 344 g/mol. The van der Waals surface area contributed by atoms with Gasteiger partial charge >= 0.3 is 0 Å². The third-order valence-corrected chi connectivity index (χ3v) is 5.70. The van der Waals surface area contributed by atoms with E-state index in [-0.39, 0.29) is 6.04 Å². The van der Waals surface area contributed by atoms with E-state index in [1.165, 1.54) is 22.4 Å². The van der Waals surface area contributed by atoms with Gasteiger partial charge in [0, 0.05) is 37.4 Å². The number of phenolic OH excluding ortho intramolecular Hbond substituents is 1. The molecule has 0 radical (unpaired) electrons. The second kappa shape index (κ2) is 8.07. The molecule has 3 heteroatoms. The molecule has 1 unspecified atom stereocenters. The van der Waals surface area contributed by atoms with Crippen LogP contribution in [0.25, 0.3) is 0 Å². The maximum Gasteiger partial charge on any atom is 0.120 e. The van der Waals surface area contributed by atoms with Gasteiger partial charge in [-0.1, -0.05) is 65.7 Å². The van der Waals surface area contributed by atoms with Crippen molar-refractivity contribution in [3.8, 4) is 5.75 Å². The Bertz CT molecular complexity index is 910. The van der Waals surface area contributed by atoms with Gasteiger partial charge in [0.2, 0.25) is 0 Å². The van der Waals surface area contributed by atoms with E-state index in [4.69, 9.17) is 0 Å². The largest absolute Gasteiger partial charge is 0.508 e. The van der Waals surface area contributed by atoms with Crippen LogP contribution in [0.2, 0.25) is 0 Å². The Morgan fingerprint density at radius 3 is 1.89 bits per heavy atom. The Kier molecular flexibility index (Phi) is 5.36. The molecule has 1 N–H and O–H groups in total. The van der Waals surface area contributed by atoms with Gasteiger partial charge in [0.15, 0.2) is 0 Å². The summed E-state index contributed by atoms with van der Waals surface area (Å²) in [6.07, 6.45) is 0. The van der Waals surface area contributed by atoms with Crippen LogP contribution >= 0.6 is 0 Å². The van der Waals surface area contributed by atoms with Crippen LogP contribution in [0.15, 0.2) is 72.8 Å². The first kappa shape index (κ1) is 18.6. The van der Waals surface area contributed by atoms with Crippen molar-refractivity contribution in [3.05, 3.63) is 95.1 Å². The van der Waals surface area contributed by atoms with Crippen LogP contribution in [-0.2, 0) is 0 Å². The topological polar surface area (TPSA) is 26.7 Å². The Balaban J connectivity index is 1.58. The second-order valence-electron chi connectivity index (χ2n) is 7.73. The fourth-order valence-corrected chi connectivity index (χ4v) is 4.05. The predicted molar refractivity (Wildman–Crippen MR) is 116 cm³/mol. The summed E-state index contributed by atoms with van der Waals surface area (Å²) in [5.41, 5.74) is 6.05. The standard InChI is InChI=1S/C25H28N2O/c1-19-7-11-21(12-8-19)25(23-5-3-4-6-24(23)28)27-17-15-26(16-18-27)22-13-9-20(2)10-14-22/h3-14,25,28H,15-18H2,1-2H3. The van der Waals surface area contributed by atoms with E-state index in [0.717, 1.165) is 31.7 Å². The predicted octanol–water partition coefficient (Wildman–Crippen LogP) is 4.92. The quantitative estimate of drug-likeness (QED) is 0.704. The van der Waals surface area contributed by atoms with Gasteiger partial charge in [-0.25, -0.2) is 0 Å². The lowest BCUT2D eigenvalue weighted by molar-refractivity contribution is 0.209. The maximum absolute atomic E-state index is 10.5.